The van der Waals surface area contributed by atoms with Crippen molar-refractivity contribution in [1.29, 1.82) is 0 Å². The van der Waals surface area contributed by atoms with Gasteiger partial charge in [-0.05, 0) is 108 Å². The average Bonchev–Trinajstić information content (AvgIpc) is 3.46. The minimum atomic E-state index is -0.168. The largest absolute Gasteiger partial charge is 0.310 e. The Bertz CT molecular complexity index is 2810. The third kappa shape index (κ3) is 5.32. The van der Waals surface area contributed by atoms with Gasteiger partial charge in [-0.15, -0.1) is 0 Å². The average molecular weight is 690 g/mol. The molecule has 9 aromatic rings. The van der Waals surface area contributed by atoms with Crippen molar-refractivity contribution in [3.05, 3.63) is 211 Å². The quantitative estimate of drug-likeness (QED) is 0.157. The van der Waals surface area contributed by atoms with Gasteiger partial charge in [-0.3, -0.25) is 0 Å². The van der Waals surface area contributed by atoms with E-state index in [2.05, 4.69) is 219 Å². The van der Waals surface area contributed by atoms with E-state index < -0.39 is 0 Å². The van der Waals surface area contributed by atoms with Crippen LogP contribution in [0.4, 0.5) is 17.1 Å². The summed E-state index contributed by atoms with van der Waals surface area (Å²) < 4.78 is 0. The van der Waals surface area contributed by atoms with Crippen LogP contribution in [0.25, 0.3) is 66.1 Å². The molecule has 0 amide bonds. The van der Waals surface area contributed by atoms with Crippen molar-refractivity contribution in [2.24, 2.45) is 0 Å². The van der Waals surface area contributed by atoms with Gasteiger partial charge in [-0.25, -0.2) is 0 Å². The third-order valence-electron chi connectivity index (χ3n) is 11.5. The number of nitrogens with zero attached hydrogens (tertiary/aromatic N) is 1. The van der Waals surface area contributed by atoms with Gasteiger partial charge in [0, 0.05) is 22.2 Å². The highest BCUT2D eigenvalue weighted by molar-refractivity contribution is 6.14. The Morgan fingerprint density at radius 2 is 0.778 bits per heavy atom. The molecule has 0 radical (unpaired) electrons. The fourth-order valence-corrected chi connectivity index (χ4v) is 8.61. The van der Waals surface area contributed by atoms with Gasteiger partial charge in [0.2, 0.25) is 0 Å². The van der Waals surface area contributed by atoms with Gasteiger partial charge >= 0.3 is 0 Å². The summed E-state index contributed by atoms with van der Waals surface area (Å²) >= 11 is 0. The molecule has 256 valence electrons. The maximum atomic E-state index is 2.46. The number of fused-ring (bicyclic) bond motifs is 6. The van der Waals surface area contributed by atoms with Crippen LogP contribution in [0.5, 0.6) is 0 Å². The SMILES string of the molecule is CC1(C)c2cc(-c3ccccc3)ccc2-c2ccc(N(c3ccc(-c4ccc(-c5ccccc5)cc4)cc3)c3cc4ccccc4c4ccccc34)cc21. The number of benzene rings is 9. The zero-order chi connectivity index (χ0) is 36.2. The summed E-state index contributed by atoms with van der Waals surface area (Å²) in [5.74, 6) is 0. The predicted molar refractivity (Wildman–Crippen MR) is 230 cm³/mol. The summed E-state index contributed by atoms with van der Waals surface area (Å²) in [6, 6.07) is 73.4. The molecule has 1 aliphatic carbocycles. The normalized spacial score (nSPS) is 12.8. The maximum absolute atomic E-state index is 2.46. The molecule has 0 aliphatic heterocycles. The van der Waals surface area contributed by atoms with Gasteiger partial charge in [0.25, 0.3) is 0 Å². The van der Waals surface area contributed by atoms with E-state index in [9.17, 15) is 0 Å². The van der Waals surface area contributed by atoms with Crippen LogP contribution in [0.3, 0.4) is 0 Å². The summed E-state index contributed by atoms with van der Waals surface area (Å²) in [6.07, 6.45) is 0. The Kier molecular flexibility index (Phi) is 7.56. The standard InChI is InChI=1S/C53H39N/c1-53(2)50-33-41(37-15-7-4-8-16-37)27-31-47(50)48-32-30-44(35-51(48)53)54(52-34-42-17-9-10-18-45(42)46-19-11-12-20-49(46)52)43-28-25-40(26-29-43)39-23-21-38(22-24-39)36-13-5-3-6-14-36/h3-35H,1-2H3. The summed E-state index contributed by atoms with van der Waals surface area (Å²) in [5, 5.41) is 4.99. The number of anilines is 3. The first-order valence-corrected chi connectivity index (χ1v) is 18.8. The Hall–Kier alpha value is -6.70. The molecule has 0 spiro atoms. The highest BCUT2D eigenvalue weighted by Crippen LogP contribution is 2.52. The van der Waals surface area contributed by atoms with E-state index in [1.54, 1.807) is 0 Å². The van der Waals surface area contributed by atoms with Crippen molar-refractivity contribution in [1.82, 2.24) is 0 Å². The van der Waals surface area contributed by atoms with Crippen LogP contribution >= 0.6 is 0 Å². The van der Waals surface area contributed by atoms with Crippen molar-refractivity contribution in [2.45, 2.75) is 19.3 Å². The fourth-order valence-electron chi connectivity index (χ4n) is 8.61. The van der Waals surface area contributed by atoms with Crippen LogP contribution in [0.2, 0.25) is 0 Å². The Balaban J connectivity index is 1.11. The van der Waals surface area contributed by atoms with E-state index in [4.69, 9.17) is 0 Å². The lowest BCUT2D eigenvalue weighted by atomic mass is 9.81. The fraction of sp³-hybridized carbons (Fsp3) is 0.0566. The van der Waals surface area contributed by atoms with Crippen molar-refractivity contribution in [3.63, 3.8) is 0 Å². The highest BCUT2D eigenvalue weighted by Gasteiger charge is 2.36. The lowest BCUT2D eigenvalue weighted by molar-refractivity contribution is 0.660. The monoisotopic (exact) mass is 689 g/mol. The van der Waals surface area contributed by atoms with Crippen molar-refractivity contribution < 1.29 is 0 Å². The summed E-state index contributed by atoms with van der Waals surface area (Å²) in [7, 11) is 0. The smallest absolute Gasteiger partial charge is 0.0546 e. The van der Waals surface area contributed by atoms with Gasteiger partial charge in [0.15, 0.2) is 0 Å². The zero-order valence-corrected chi connectivity index (χ0v) is 30.5. The molecule has 0 atom stereocenters. The van der Waals surface area contributed by atoms with Crippen molar-refractivity contribution in [2.75, 3.05) is 4.90 Å². The Labute approximate surface area is 317 Å². The second kappa shape index (κ2) is 12.8. The molecule has 0 unspecified atom stereocenters. The molecule has 1 aliphatic rings. The van der Waals surface area contributed by atoms with E-state index in [1.165, 1.54) is 82.9 Å². The van der Waals surface area contributed by atoms with Crippen LogP contribution in [0.15, 0.2) is 200 Å². The van der Waals surface area contributed by atoms with Gasteiger partial charge < -0.3 is 4.90 Å². The first-order chi connectivity index (χ1) is 26.5. The number of hydrogen-bond acceptors (Lipinski definition) is 1. The van der Waals surface area contributed by atoms with Crippen molar-refractivity contribution in [3.8, 4) is 44.5 Å². The van der Waals surface area contributed by atoms with Gasteiger partial charge in [0.1, 0.15) is 0 Å². The summed E-state index contributed by atoms with van der Waals surface area (Å²) in [5.41, 5.74) is 16.0. The third-order valence-corrected chi connectivity index (χ3v) is 11.5. The first kappa shape index (κ1) is 32.0. The summed E-state index contributed by atoms with van der Waals surface area (Å²) in [4.78, 5) is 2.46. The molecule has 0 saturated carbocycles. The van der Waals surface area contributed by atoms with Gasteiger partial charge in [0.05, 0.1) is 5.69 Å². The molecule has 9 aromatic carbocycles. The second-order valence-electron chi connectivity index (χ2n) is 15.0. The molecule has 0 N–H and O–H groups in total. The highest BCUT2D eigenvalue weighted by atomic mass is 15.1. The first-order valence-electron chi connectivity index (χ1n) is 18.8. The second-order valence-corrected chi connectivity index (χ2v) is 15.0. The maximum Gasteiger partial charge on any atom is 0.0546 e. The van der Waals surface area contributed by atoms with E-state index >= 15 is 0 Å². The molecule has 0 aromatic heterocycles. The molecule has 0 heterocycles. The minimum Gasteiger partial charge on any atom is -0.310 e. The minimum absolute atomic E-state index is 0.168. The Morgan fingerprint density at radius 1 is 0.333 bits per heavy atom. The van der Waals surface area contributed by atoms with Crippen LogP contribution < -0.4 is 4.90 Å². The lowest BCUT2D eigenvalue weighted by Crippen LogP contribution is -2.17. The molecule has 0 saturated heterocycles. The molecular formula is C53H39N. The van der Waals surface area contributed by atoms with Crippen LogP contribution in [0, 0.1) is 0 Å². The van der Waals surface area contributed by atoms with Crippen LogP contribution in [-0.4, -0.2) is 0 Å². The van der Waals surface area contributed by atoms with Gasteiger partial charge in [-0.1, -0.05) is 178 Å². The van der Waals surface area contributed by atoms with E-state index in [-0.39, 0.29) is 5.41 Å². The molecular weight excluding hydrogens is 651 g/mol. The topological polar surface area (TPSA) is 3.24 Å². The van der Waals surface area contributed by atoms with E-state index in [0.29, 0.717) is 0 Å². The zero-order valence-electron chi connectivity index (χ0n) is 30.5. The Morgan fingerprint density at radius 3 is 1.43 bits per heavy atom. The van der Waals surface area contributed by atoms with Crippen LogP contribution in [0.1, 0.15) is 25.0 Å². The molecule has 0 bridgehead atoms. The van der Waals surface area contributed by atoms with Gasteiger partial charge in [-0.2, -0.15) is 0 Å². The summed E-state index contributed by atoms with van der Waals surface area (Å²) in [6.45, 7) is 4.76. The molecule has 54 heavy (non-hydrogen) atoms. The lowest BCUT2D eigenvalue weighted by Gasteiger charge is -2.29. The molecule has 0 fully saturated rings. The number of hydrogen-bond donors (Lipinski definition) is 0. The number of rotatable bonds is 6. The molecule has 10 rings (SSSR count). The van der Waals surface area contributed by atoms with E-state index in [1.807, 2.05) is 0 Å². The van der Waals surface area contributed by atoms with E-state index in [0.717, 1.165) is 11.4 Å². The van der Waals surface area contributed by atoms with Crippen LogP contribution in [-0.2, 0) is 5.41 Å². The molecule has 1 nitrogen and oxygen atoms in total. The predicted octanol–water partition coefficient (Wildman–Crippen LogP) is 14.8. The molecule has 1 heteroatoms. The van der Waals surface area contributed by atoms with Crippen molar-refractivity contribution >= 4 is 38.6 Å².